The summed E-state index contributed by atoms with van der Waals surface area (Å²) >= 11 is 0. The van der Waals surface area contributed by atoms with E-state index in [2.05, 4.69) is 9.50 Å². The van der Waals surface area contributed by atoms with Gasteiger partial charge in [-0.05, 0) is 39.7 Å². The Morgan fingerprint density at radius 3 is 2.32 bits per heavy atom. The van der Waals surface area contributed by atoms with E-state index in [4.69, 9.17) is 4.74 Å². The van der Waals surface area contributed by atoms with Crippen molar-refractivity contribution >= 4 is 16.2 Å². The predicted molar refractivity (Wildman–Crippen MR) is 71.2 cm³/mol. The first kappa shape index (κ1) is 18.6. The third-order valence-corrected chi connectivity index (χ3v) is 3.59. The molecule has 0 aliphatic heterocycles. The number of allylic oxidation sites excluding steroid dienone is 1. The summed E-state index contributed by atoms with van der Waals surface area (Å²) in [6, 6.07) is -0.351. The van der Waals surface area contributed by atoms with Crippen molar-refractivity contribution in [2.45, 2.75) is 57.2 Å². The maximum absolute atomic E-state index is 12.2. The molecule has 1 amide bonds. The number of nitrogens with one attached hydrogen (secondary N) is 1. The van der Waals surface area contributed by atoms with Gasteiger partial charge in [-0.2, -0.15) is 21.6 Å². The molecule has 0 aromatic heterocycles. The topological polar surface area (TPSA) is 81.7 Å². The van der Waals surface area contributed by atoms with Gasteiger partial charge in [-0.25, -0.2) is 4.79 Å². The van der Waals surface area contributed by atoms with Crippen LogP contribution in [-0.4, -0.2) is 31.7 Å². The summed E-state index contributed by atoms with van der Waals surface area (Å²) in [7, 11) is -5.64. The van der Waals surface area contributed by atoms with Gasteiger partial charge in [-0.1, -0.05) is 0 Å². The smallest absolute Gasteiger partial charge is 0.444 e. The largest absolute Gasteiger partial charge is 0.534 e. The van der Waals surface area contributed by atoms with Gasteiger partial charge < -0.3 is 14.2 Å². The van der Waals surface area contributed by atoms with E-state index in [0.29, 0.717) is 0 Å². The van der Waals surface area contributed by atoms with Crippen molar-refractivity contribution in [1.82, 2.24) is 5.32 Å². The summed E-state index contributed by atoms with van der Waals surface area (Å²) in [6.45, 7) is 5.09. The van der Waals surface area contributed by atoms with E-state index in [9.17, 15) is 26.4 Å². The SMILES string of the molecule is CC(C)(C)OC(=O)N[C@H]1CC=C(OS(=O)(=O)C(F)(F)F)CC1. The Morgan fingerprint density at radius 2 is 1.91 bits per heavy atom. The van der Waals surface area contributed by atoms with Gasteiger partial charge in [0.2, 0.25) is 0 Å². The molecule has 0 aromatic carbocycles. The molecule has 0 unspecified atom stereocenters. The molecule has 10 heteroatoms. The molecule has 0 spiro atoms. The summed E-state index contributed by atoms with van der Waals surface area (Å²) < 4.78 is 67.3. The van der Waals surface area contributed by atoms with Gasteiger partial charge in [0.25, 0.3) is 0 Å². The van der Waals surface area contributed by atoms with Gasteiger partial charge in [0.15, 0.2) is 0 Å². The minimum atomic E-state index is -5.64. The van der Waals surface area contributed by atoms with Crippen LogP contribution in [-0.2, 0) is 19.0 Å². The summed E-state index contributed by atoms with van der Waals surface area (Å²) in [5.74, 6) is -0.278. The standard InChI is InChI=1S/C12H18F3NO5S/c1-11(2,3)20-10(17)16-8-4-6-9(7-5-8)21-22(18,19)12(13,14)15/h6,8H,4-5,7H2,1-3H3,(H,16,17)/t8-/m0/s1. The highest BCUT2D eigenvalue weighted by Crippen LogP contribution is 2.29. The molecule has 1 rings (SSSR count). The minimum absolute atomic E-state index is 0.0320. The summed E-state index contributed by atoms with van der Waals surface area (Å²) in [4.78, 5) is 11.5. The summed E-state index contributed by atoms with van der Waals surface area (Å²) in [5.41, 5.74) is -6.12. The van der Waals surface area contributed by atoms with Crippen molar-refractivity contribution in [2.75, 3.05) is 0 Å². The van der Waals surface area contributed by atoms with Crippen LogP contribution < -0.4 is 5.32 Å². The maximum Gasteiger partial charge on any atom is 0.534 e. The molecule has 0 heterocycles. The van der Waals surface area contributed by atoms with Gasteiger partial charge in [-0.3, -0.25) is 0 Å². The predicted octanol–water partition coefficient (Wildman–Crippen LogP) is 2.81. The molecule has 0 saturated carbocycles. The van der Waals surface area contributed by atoms with Crippen LogP contribution in [0.25, 0.3) is 0 Å². The quantitative estimate of drug-likeness (QED) is 0.628. The molecule has 0 bridgehead atoms. The number of hydrogen-bond donors (Lipinski definition) is 1. The zero-order valence-electron chi connectivity index (χ0n) is 12.4. The van der Waals surface area contributed by atoms with Gasteiger partial charge >= 0.3 is 21.7 Å². The second-order valence-electron chi connectivity index (χ2n) is 5.77. The van der Waals surface area contributed by atoms with Crippen molar-refractivity contribution in [3.05, 3.63) is 11.8 Å². The van der Waals surface area contributed by atoms with Crippen molar-refractivity contribution < 1.29 is 35.3 Å². The highest BCUT2D eigenvalue weighted by Gasteiger charge is 2.48. The maximum atomic E-state index is 12.2. The third kappa shape index (κ3) is 5.74. The Hall–Kier alpha value is -1.45. The van der Waals surface area contributed by atoms with Gasteiger partial charge in [0.05, 0.1) is 0 Å². The Kier molecular flexibility index (Phi) is 5.37. The number of ether oxygens (including phenoxy) is 1. The van der Waals surface area contributed by atoms with Gasteiger partial charge in [-0.15, -0.1) is 0 Å². The van der Waals surface area contributed by atoms with Gasteiger partial charge in [0.1, 0.15) is 11.4 Å². The first-order chi connectivity index (χ1) is 9.80. The fourth-order valence-corrected chi connectivity index (χ4v) is 2.21. The molecule has 0 radical (unpaired) electrons. The lowest BCUT2D eigenvalue weighted by Crippen LogP contribution is -2.40. The average molecular weight is 345 g/mol. The third-order valence-electron chi connectivity index (χ3n) is 2.59. The normalized spacial score (nSPS) is 20.1. The van der Waals surface area contributed by atoms with E-state index in [0.717, 1.165) is 0 Å². The Morgan fingerprint density at radius 1 is 1.32 bits per heavy atom. The molecule has 1 aliphatic carbocycles. The fourth-order valence-electron chi connectivity index (χ4n) is 1.68. The lowest BCUT2D eigenvalue weighted by molar-refractivity contribution is -0.0524. The molecular formula is C12H18F3NO5S. The van der Waals surface area contributed by atoms with Crippen LogP contribution in [0.15, 0.2) is 11.8 Å². The molecule has 128 valence electrons. The molecular weight excluding hydrogens is 327 g/mol. The summed E-state index contributed by atoms with van der Waals surface area (Å²) in [6.07, 6.45) is 0.948. The Bertz CT molecular complexity index is 548. The van der Waals surface area contributed by atoms with Crippen LogP contribution in [0.2, 0.25) is 0 Å². The second-order valence-corrected chi connectivity index (χ2v) is 7.31. The molecule has 1 N–H and O–H groups in total. The number of alkyl carbamates (subject to hydrolysis) is 1. The van der Waals surface area contributed by atoms with Gasteiger partial charge in [0, 0.05) is 12.5 Å². The van der Waals surface area contributed by atoms with E-state index in [1.165, 1.54) is 6.08 Å². The van der Waals surface area contributed by atoms with Crippen molar-refractivity contribution in [1.29, 1.82) is 0 Å². The van der Waals surface area contributed by atoms with E-state index in [-0.39, 0.29) is 31.1 Å². The Labute approximate surface area is 126 Å². The molecule has 0 aromatic rings. The first-order valence-corrected chi connectivity index (χ1v) is 7.90. The van der Waals surface area contributed by atoms with Crippen molar-refractivity contribution in [3.63, 3.8) is 0 Å². The number of alkyl halides is 3. The fraction of sp³-hybridized carbons (Fsp3) is 0.750. The molecule has 6 nitrogen and oxygen atoms in total. The van der Waals surface area contributed by atoms with Crippen LogP contribution in [0.5, 0.6) is 0 Å². The highest BCUT2D eigenvalue weighted by atomic mass is 32.2. The van der Waals surface area contributed by atoms with E-state index >= 15 is 0 Å². The number of rotatable bonds is 3. The van der Waals surface area contributed by atoms with Crippen LogP contribution >= 0.6 is 0 Å². The molecule has 0 saturated heterocycles. The number of halogens is 3. The zero-order chi connectivity index (χ0) is 17.2. The van der Waals surface area contributed by atoms with Crippen LogP contribution in [0.4, 0.5) is 18.0 Å². The molecule has 1 atom stereocenters. The second kappa shape index (κ2) is 6.35. The number of carbonyl (C=O) groups excluding carboxylic acids is 1. The van der Waals surface area contributed by atoms with Crippen LogP contribution in [0.1, 0.15) is 40.0 Å². The lowest BCUT2D eigenvalue weighted by atomic mass is 10.0. The van der Waals surface area contributed by atoms with E-state index in [1.807, 2.05) is 0 Å². The molecule has 1 aliphatic rings. The average Bonchev–Trinajstić information content (AvgIpc) is 2.27. The molecule has 22 heavy (non-hydrogen) atoms. The van der Waals surface area contributed by atoms with Crippen molar-refractivity contribution in [2.24, 2.45) is 0 Å². The van der Waals surface area contributed by atoms with Crippen LogP contribution in [0.3, 0.4) is 0 Å². The summed E-state index contributed by atoms with van der Waals surface area (Å²) in [5, 5.41) is 2.56. The lowest BCUT2D eigenvalue weighted by Gasteiger charge is -2.25. The number of amides is 1. The monoisotopic (exact) mass is 345 g/mol. The Balaban J connectivity index is 2.55. The number of hydrogen-bond acceptors (Lipinski definition) is 5. The minimum Gasteiger partial charge on any atom is -0.444 e. The first-order valence-electron chi connectivity index (χ1n) is 6.49. The van der Waals surface area contributed by atoms with E-state index < -0.39 is 27.3 Å². The molecule has 0 fully saturated rings. The highest BCUT2D eigenvalue weighted by molar-refractivity contribution is 7.87. The van der Waals surface area contributed by atoms with E-state index in [1.54, 1.807) is 20.8 Å². The van der Waals surface area contributed by atoms with Crippen molar-refractivity contribution in [3.8, 4) is 0 Å². The van der Waals surface area contributed by atoms with Crippen LogP contribution in [0, 0.1) is 0 Å². The zero-order valence-corrected chi connectivity index (χ0v) is 13.2. The number of carbonyl (C=O) groups is 1.